The van der Waals surface area contributed by atoms with Crippen molar-refractivity contribution in [3.63, 3.8) is 0 Å². The van der Waals surface area contributed by atoms with E-state index in [0.29, 0.717) is 17.9 Å². The van der Waals surface area contributed by atoms with Gasteiger partial charge in [-0.1, -0.05) is 11.6 Å². The van der Waals surface area contributed by atoms with Crippen LogP contribution in [0.25, 0.3) is 10.9 Å². The molecule has 1 aromatic heterocycles. The second-order valence-corrected chi connectivity index (χ2v) is 5.66. The van der Waals surface area contributed by atoms with Gasteiger partial charge in [-0.25, -0.2) is 10.3 Å². The van der Waals surface area contributed by atoms with Crippen LogP contribution in [0.15, 0.2) is 24.3 Å². The lowest BCUT2D eigenvalue weighted by Crippen LogP contribution is -2.33. The summed E-state index contributed by atoms with van der Waals surface area (Å²) in [5.41, 5.74) is 5.71. The highest BCUT2D eigenvalue weighted by Gasteiger charge is 2.17. The van der Waals surface area contributed by atoms with Crippen molar-refractivity contribution in [3.05, 3.63) is 41.1 Å². The summed E-state index contributed by atoms with van der Waals surface area (Å²) < 4.78 is 5.43. The Kier molecular flexibility index (Phi) is 4.36. The van der Waals surface area contributed by atoms with E-state index in [2.05, 4.69) is 10.5 Å². The predicted molar refractivity (Wildman–Crippen MR) is 83.4 cm³/mol. The fourth-order valence-corrected chi connectivity index (χ4v) is 2.60. The van der Waals surface area contributed by atoms with Crippen molar-refractivity contribution in [3.8, 4) is 0 Å². The Morgan fingerprint density at radius 1 is 1.32 bits per heavy atom. The smallest absolute Gasteiger partial charge is 0.276 e. The van der Waals surface area contributed by atoms with Crippen LogP contribution >= 0.6 is 0 Å². The number of pyridine rings is 1. The average Bonchev–Trinajstić information content (AvgIpc) is 2.53. The lowest BCUT2D eigenvalue weighted by molar-refractivity contribution is -0.186. The molecule has 1 fully saturated rings. The van der Waals surface area contributed by atoms with Gasteiger partial charge < -0.3 is 4.74 Å². The number of carbonyl (C=O) groups is 1. The number of hydrogen-bond acceptors (Lipinski definition) is 4. The van der Waals surface area contributed by atoms with Crippen molar-refractivity contribution < 1.29 is 14.4 Å². The van der Waals surface area contributed by atoms with E-state index in [1.54, 1.807) is 0 Å². The van der Waals surface area contributed by atoms with Gasteiger partial charge >= 0.3 is 0 Å². The van der Waals surface area contributed by atoms with Crippen LogP contribution in [-0.4, -0.2) is 23.8 Å². The average molecular weight is 300 g/mol. The SMILES string of the molecule is Cc1ccc2nc(C)c(C(=O)NO[C@@H]3CCCCO3)cc2c1. The highest BCUT2D eigenvalue weighted by molar-refractivity contribution is 5.98. The fraction of sp³-hybridized carbons (Fsp3) is 0.412. The molecule has 3 rings (SSSR count). The van der Waals surface area contributed by atoms with Crippen LogP contribution in [-0.2, 0) is 9.57 Å². The van der Waals surface area contributed by atoms with Gasteiger partial charge in [0.25, 0.3) is 5.91 Å². The summed E-state index contributed by atoms with van der Waals surface area (Å²) in [5.74, 6) is -0.289. The third-order valence-corrected chi connectivity index (χ3v) is 3.83. The molecule has 5 heteroatoms. The van der Waals surface area contributed by atoms with Crippen LogP contribution in [0.3, 0.4) is 0 Å². The number of fused-ring (bicyclic) bond motifs is 1. The molecule has 5 nitrogen and oxygen atoms in total. The number of hydrogen-bond donors (Lipinski definition) is 1. The van der Waals surface area contributed by atoms with E-state index in [9.17, 15) is 4.79 Å². The van der Waals surface area contributed by atoms with E-state index in [1.807, 2.05) is 38.1 Å². The van der Waals surface area contributed by atoms with Gasteiger partial charge in [0.2, 0.25) is 0 Å². The summed E-state index contributed by atoms with van der Waals surface area (Å²) >= 11 is 0. The molecule has 1 amide bonds. The van der Waals surface area contributed by atoms with Crippen molar-refractivity contribution in [2.45, 2.75) is 39.4 Å². The largest absolute Gasteiger partial charge is 0.350 e. The third kappa shape index (κ3) is 3.26. The van der Waals surface area contributed by atoms with E-state index in [-0.39, 0.29) is 12.2 Å². The van der Waals surface area contributed by atoms with Gasteiger partial charge in [-0.15, -0.1) is 0 Å². The van der Waals surface area contributed by atoms with E-state index < -0.39 is 0 Å². The molecule has 0 saturated carbocycles. The second kappa shape index (κ2) is 6.42. The Hall–Kier alpha value is -1.98. The van der Waals surface area contributed by atoms with Gasteiger partial charge in [-0.2, -0.15) is 0 Å². The topological polar surface area (TPSA) is 60.5 Å². The number of ether oxygens (including phenoxy) is 1. The first kappa shape index (κ1) is 14.9. The number of nitrogens with one attached hydrogen (secondary N) is 1. The van der Waals surface area contributed by atoms with E-state index in [1.165, 1.54) is 0 Å². The Labute approximate surface area is 129 Å². The number of aryl methyl sites for hydroxylation is 2. The van der Waals surface area contributed by atoms with Crippen LogP contribution in [0.5, 0.6) is 0 Å². The summed E-state index contributed by atoms with van der Waals surface area (Å²) in [6.45, 7) is 4.52. The molecule has 1 N–H and O–H groups in total. The summed E-state index contributed by atoms with van der Waals surface area (Å²) in [7, 11) is 0. The maximum absolute atomic E-state index is 12.3. The zero-order chi connectivity index (χ0) is 15.5. The summed E-state index contributed by atoms with van der Waals surface area (Å²) in [4.78, 5) is 22.1. The molecule has 0 spiro atoms. The van der Waals surface area contributed by atoms with Crippen molar-refractivity contribution in [1.29, 1.82) is 0 Å². The van der Waals surface area contributed by atoms with Crippen LogP contribution in [0.1, 0.15) is 40.9 Å². The molecule has 2 heterocycles. The minimum Gasteiger partial charge on any atom is -0.350 e. The molecule has 1 atom stereocenters. The summed E-state index contributed by atoms with van der Waals surface area (Å²) in [5, 5.41) is 0.949. The van der Waals surface area contributed by atoms with Gasteiger partial charge in [0.1, 0.15) is 0 Å². The zero-order valence-corrected chi connectivity index (χ0v) is 12.9. The number of benzene rings is 1. The van der Waals surface area contributed by atoms with Crippen LogP contribution in [0, 0.1) is 13.8 Å². The Morgan fingerprint density at radius 3 is 2.95 bits per heavy atom. The molecule has 1 saturated heterocycles. The maximum Gasteiger partial charge on any atom is 0.276 e. The second-order valence-electron chi connectivity index (χ2n) is 5.66. The van der Waals surface area contributed by atoms with Crippen molar-refractivity contribution in [2.24, 2.45) is 0 Å². The number of nitrogens with zero attached hydrogens (tertiary/aromatic N) is 1. The minimum atomic E-state index is -0.353. The molecule has 1 aliphatic rings. The maximum atomic E-state index is 12.3. The summed E-state index contributed by atoms with van der Waals surface area (Å²) in [6, 6.07) is 7.85. The monoisotopic (exact) mass is 300 g/mol. The van der Waals surface area contributed by atoms with Gasteiger partial charge in [0.05, 0.1) is 16.8 Å². The molecular formula is C17H20N2O3. The van der Waals surface area contributed by atoms with Crippen molar-refractivity contribution in [2.75, 3.05) is 6.61 Å². The molecule has 0 bridgehead atoms. The number of aromatic nitrogens is 1. The number of amides is 1. The summed E-state index contributed by atoms with van der Waals surface area (Å²) in [6.07, 6.45) is 2.54. The van der Waals surface area contributed by atoms with E-state index in [0.717, 1.165) is 35.7 Å². The number of carbonyl (C=O) groups excluding carboxylic acids is 1. The Bertz CT molecular complexity index is 694. The van der Waals surface area contributed by atoms with Gasteiger partial charge in [0.15, 0.2) is 6.29 Å². The van der Waals surface area contributed by atoms with E-state index >= 15 is 0 Å². The first-order valence-corrected chi connectivity index (χ1v) is 7.59. The van der Waals surface area contributed by atoms with Crippen LogP contribution < -0.4 is 5.48 Å². The Balaban J connectivity index is 1.76. The first-order chi connectivity index (χ1) is 10.6. The van der Waals surface area contributed by atoms with Gasteiger partial charge in [0, 0.05) is 18.4 Å². The van der Waals surface area contributed by atoms with Crippen LogP contribution in [0.2, 0.25) is 0 Å². The lowest BCUT2D eigenvalue weighted by atomic mass is 10.1. The zero-order valence-electron chi connectivity index (χ0n) is 12.9. The molecule has 0 unspecified atom stereocenters. The molecule has 1 aliphatic heterocycles. The molecule has 0 aliphatic carbocycles. The van der Waals surface area contributed by atoms with Crippen molar-refractivity contribution >= 4 is 16.8 Å². The number of hydroxylamine groups is 1. The molecule has 116 valence electrons. The number of rotatable bonds is 3. The Morgan fingerprint density at radius 2 is 2.18 bits per heavy atom. The highest BCUT2D eigenvalue weighted by Crippen LogP contribution is 2.18. The van der Waals surface area contributed by atoms with Crippen molar-refractivity contribution in [1.82, 2.24) is 10.5 Å². The van der Waals surface area contributed by atoms with Gasteiger partial charge in [-0.05, 0) is 44.9 Å². The van der Waals surface area contributed by atoms with E-state index in [4.69, 9.17) is 9.57 Å². The molecule has 0 radical (unpaired) electrons. The fourth-order valence-electron chi connectivity index (χ4n) is 2.60. The standard InChI is InChI=1S/C17H20N2O3/c1-11-6-7-15-13(9-11)10-14(12(2)18-15)17(20)19-22-16-5-3-4-8-21-16/h6-7,9-10,16H,3-5,8H2,1-2H3,(H,19,20)/t16-/m1/s1. The quantitative estimate of drug-likeness (QED) is 0.885. The lowest BCUT2D eigenvalue weighted by Gasteiger charge is -2.22. The molecular weight excluding hydrogens is 280 g/mol. The van der Waals surface area contributed by atoms with Gasteiger partial charge in [-0.3, -0.25) is 9.78 Å². The predicted octanol–water partition coefficient (Wildman–Crippen LogP) is 3.04. The highest BCUT2D eigenvalue weighted by atomic mass is 16.8. The molecule has 2 aromatic rings. The minimum absolute atomic E-state index is 0.289. The first-order valence-electron chi connectivity index (χ1n) is 7.59. The normalized spacial score (nSPS) is 18.4. The molecule has 22 heavy (non-hydrogen) atoms. The third-order valence-electron chi connectivity index (χ3n) is 3.83. The van der Waals surface area contributed by atoms with Crippen LogP contribution in [0.4, 0.5) is 0 Å². The molecule has 1 aromatic carbocycles.